The van der Waals surface area contributed by atoms with Crippen LogP contribution in [-0.2, 0) is 4.74 Å². The number of rotatable bonds is 2. The van der Waals surface area contributed by atoms with Gasteiger partial charge in [0.1, 0.15) is 0 Å². The lowest BCUT2D eigenvalue weighted by Crippen LogP contribution is -2.35. The van der Waals surface area contributed by atoms with Crippen LogP contribution < -0.4 is 5.73 Å². The van der Waals surface area contributed by atoms with Crippen LogP contribution in [0.25, 0.3) is 0 Å². The molecule has 0 aromatic carbocycles. The summed E-state index contributed by atoms with van der Waals surface area (Å²) < 4.78 is 4.63. The fourth-order valence-corrected chi connectivity index (χ4v) is 0.439. The van der Waals surface area contributed by atoms with Crippen LogP contribution in [0.1, 0.15) is 13.8 Å². The topological polar surface area (TPSA) is 59.1 Å². The number of hydrogen-bond donors (Lipinski definition) is 2. The second-order valence-electron chi connectivity index (χ2n) is 2.34. The Kier molecular flexibility index (Phi) is 3.24. The molecule has 9 heavy (non-hydrogen) atoms. The van der Waals surface area contributed by atoms with Crippen LogP contribution in [0.4, 0.5) is 0 Å². The van der Waals surface area contributed by atoms with E-state index >= 15 is 0 Å². The third-order valence-electron chi connectivity index (χ3n) is 1.24. The highest BCUT2D eigenvalue weighted by Crippen LogP contribution is 1.98. The maximum absolute atomic E-state index is 7.13. The number of nitrogens with one attached hydrogen (secondary N) is 1. The van der Waals surface area contributed by atoms with Gasteiger partial charge in [-0.2, -0.15) is 0 Å². The first kappa shape index (κ1) is 8.43. The SMILES string of the molecule is COC(=N)[C@@H](N)C(C)C. The van der Waals surface area contributed by atoms with E-state index in [1.54, 1.807) is 0 Å². The normalized spacial score (nSPS) is 13.4. The molecule has 0 radical (unpaired) electrons. The first-order valence-corrected chi connectivity index (χ1v) is 2.97. The van der Waals surface area contributed by atoms with E-state index < -0.39 is 0 Å². The van der Waals surface area contributed by atoms with Crippen molar-refractivity contribution in [2.75, 3.05) is 7.11 Å². The summed E-state index contributed by atoms with van der Waals surface area (Å²) in [5.74, 6) is 0.433. The quantitative estimate of drug-likeness (QED) is 0.424. The largest absolute Gasteiger partial charge is 0.483 e. The Morgan fingerprint density at radius 3 is 2.11 bits per heavy atom. The van der Waals surface area contributed by atoms with Gasteiger partial charge in [0, 0.05) is 0 Å². The average Bonchev–Trinajstić information content (AvgIpc) is 1.84. The Labute approximate surface area is 55.7 Å². The third kappa shape index (κ3) is 2.46. The van der Waals surface area contributed by atoms with Crippen molar-refractivity contribution < 1.29 is 4.74 Å². The van der Waals surface area contributed by atoms with E-state index in [1.807, 2.05) is 13.8 Å². The summed E-state index contributed by atoms with van der Waals surface area (Å²) >= 11 is 0. The minimum absolute atomic E-state index is 0.157. The minimum Gasteiger partial charge on any atom is -0.483 e. The lowest BCUT2D eigenvalue weighted by Gasteiger charge is -2.14. The Bertz CT molecular complexity index is 101. The molecule has 0 saturated carbocycles. The molecule has 0 aliphatic heterocycles. The van der Waals surface area contributed by atoms with Crippen molar-refractivity contribution >= 4 is 5.90 Å². The molecular formula is C6H14N2O. The summed E-state index contributed by atoms with van der Waals surface area (Å²) in [4.78, 5) is 0. The molecule has 3 nitrogen and oxygen atoms in total. The molecule has 3 N–H and O–H groups in total. The molecule has 1 atom stereocenters. The van der Waals surface area contributed by atoms with Gasteiger partial charge in [-0.05, 0) is 5.92 Å². The van der Waals surface area contributed by atoms with E-state index in [0.717, 1.165) is 0 Å². The van der Waals surface area contributed by atoms with Crippen LogP contribution in [0.5, 0.6) is 0 Å². The molecule has 0 unspecified atom stereocenters. The zero-order valence-corrected chi connectivity index (χ0v) is 6.14. The van der Waals surface area contributed by atoms with Gasteiger partial charge < -0.3 is 10.5 Å². The molecule has 0 aliphatic rings. The van der Waals surface area contributed by atoms with E-state index in [1.165, 1.54) is 7.11 Å². The molecular weight excluding hydrogens is 116 g/mol. The Morgan fingerprint density at radius 2 is 2.00 bits per heavy atom. The predicted molar refractivity (Wildman–Crippen MR) is 37.5 cm³/mol. The van der Waals surface area contributed by atoms with Crippen LogP contribution >= 0.6 is 0 Å². The molecule has 0 aromatic heterocycles. The molecule has 0 aromatic rings. The van der Waals surface area contributed by atoms with Gasteiger partial charge >= 0.3 is 0 Å². The van der Waals surface area contributed by atoms with Crippen molar-refractivity contribution in [1.29, 1.82) is 5.41 Å². The number of nitrogens with two attached hydrogens (primary N) is 1. The van der Waals surface area contributed by atoms with Crippen LogP contribution in [0.15, 0.2) is 0 Å². The van der Waals surface area contributed by atoms with Crippen molar-refractivity contribution in [2.24, 2.45) is 11.7 Å². The molecule has 54 valence electrons. The molecule has 0 rings (SSSR count). The van der Waals surface area contributed by atoms with Crippen LogP contribution in [-0.4, -0.2) is 19.0 Å². The van der Waals surface area contributed by atoms with Crippen molar-refractivity contribution in [3.05, 3.63) is 0 Å². The summed E-state index contributed by atoms with van der Waals surface area (Å²) in [5, 5.41) is 7.13. The van der Waals surface area contributed by atoms with Crippen molar-refractivity contribution in [1.82, 2.24) is 0 Å². The molecule has 3 heteroatoms. The highest BCUT2D eigenvalue weighted by atomic mass is 16.5. The van der Waals surface area contributed by atoms with Gasteiger partial charge in [-0.1, -0.05) is 13.8 Å². The Hall–Kier alpha value is -0.570. The molecule has 0 heterocycles. The van der Waals surface area contributed by atoms with Crippen molar-refractivity contribution in [2.45, 2.75) is 19.9 Å². The first-order chi connectivity index (χ1) is 4.09. The fourth-order valence-electron chi connectivity index (χ4n) is 0.439. The molecule has 0 bridgehead atoms. The molecule has 0 saturated heterocycles. The van der Waals surface area contributed by atoms with Gasteiger partial charge in [-0.15, -0.1) is 0 Å². The second-order valence-corrected chi connectivity index (χ2v) is 2.34. The van der Waals surface area contributed by atoms with Gasteiger partial charge in [0.25, 0.3) is 0 Å². The summed E-state index contributed by atoms with van der Waals surface area (Å²) in [6, 6.07) is -0.255. The number of ether oxygens (including phenoxy) is 1. The van der Waals surface area contributed by atoms with Crippen LogP contribution in [0.3, 0.4) is 0 Å². The van der Waals surface area contributed by atoms with Crippen LogP contribution in [0, 0.1) is 11.3 Å². The summed E-state index contributed by atoms with van der Waals surface area (Å²) in [6.07, 6.45) is 0. The summed E-state index contributed by atoms with van der Waals surface area (Å²) in [6.45, 7) is 3.91. The number of methoxy groups -OCH3 is 1. The van der Waals surface area contributed by atoms with E-state index in [-0.39, 0.29) is 17.9 Å². The van der Waals surface area contributed by atoms with E-state index in [4.69, 9.17) is 11.1 Å². The molecule has 0 spiro atoms. The summed E-state index contributed by atoms with van der Waals surface area (Å²) in [5.41, 5.74) is 5.52. The van der Waals surface area contributed by atoms with Gasteiger partial charge in [-0.25, -0.2) is 0 Å². The van der Waals surface area contributed by atoms with Crippen LogP contribution in [0.2, 0.25) is 0 Å². The zero-order valence-electron chi connectivity index (χ0n) is 6.14. The van der Waals surface area contributed by atoms with Gasteiger partial charge in [0.2, 0.25) is 0 Å². The van der Waals surface area contributed by atoms with Crippen molar-refractivity contribution in [3.63, 3.8) is 0 Å². The highest BCUT2D eigenvalue weighted by molar-refractivity contribution is 5.78. The van der Waals surface area contributed by atoms with E-state index in [2.05, 4.69) is 4.74 Å². The minimum atomic E-state index is -0.255. The monoisotopic (exact) mass is 130 g/mol. The second kappa shape index (κ2) is 3.45. The van der Waals surface area contributed by atoms with Gasteiger partial charge in [0.05, 0.1) is 13.2 Å². The first-order valence-electron chi connectivity index (χ1n) is 2.97. The molecule has 0 amide bonds. The maximum atomic E-state index is 7.13. The van der Waals surface area contributed by atoms with Crippen molar-refractivity contribution in [3.8, 4) is 0 Å². The lowest BCUT2D eigenvalue weighted by molar-refractivity contribution is 0.361. The lowest BCUT2D eigenvalue weighted by atomic mass is 10.1. The zero-order chi connectivity index (χ0) is 7.44. The Morgan fingerprint density at radius 1 is 1.56 bits per heavy atom. The highest BCUT2D eigenvalue weighted by Gasteiger charge is 2.12. The number of hydrogen-bond acceptors (Lipinski definition) is 3. The predicted octanol–water partition coefficient (Wildman–Crippen LogP) is 0.593. The smallest absolute Gasteiger partial charge is 0.197 e. The van der Waals surface area contributed by atoms with E-state index in [9.17, 15) is 0 Å². The van der Waals surface area contributed by atoms with Gasteiger partial charge in [-0.3, -0.25) is 5.41 Å². The third-order valence-corrected chi connectivity index (χ3v) is 1.24. The fraction of sp³-hybridized carbons (Fsp3) is 0.833. The average molecular weight is 130 g/mol. The van der Waals surface area contributed by atoms with E-state index in [0.29, 0.717) is 0 Å². The maximum Gasteiger partial charge on any atom is 0.197 e. The van der Waals surface area contributed by atoms with Gasteiger partial charge in [0.15, 0.2) is 5.90 Å². The standard InChI is InChI=1S/C6H14N2O/c1-4(2)5(7)6(8)9-3/h4-5,8H,7H2,1-3H3/t5-/m0/s1. The molecule has 0 fully saturated rings. The Balaban J connectivity index is 3.72. The molecule has 0 aliphatic carbocycles. The summed E-state index contributed by atoms with van der Waals surface area (Å²) in [7, 11) is 1.46.